The maximum Gasteiger partial charge on any atom is 0.341 e. The molecule has 3 N–H and O–H groups in total. The normalized spacial score (nSPS) is 20.5. The molecule has 138 valence electrons. The first kappa shape index (κ1) is 16.8. The Bertz CT molecular complexity index is 967. The summed E-state index contributed by atoms with van der Waals surface area (Å²) in [4.78, 5) is 25.7. The minimum Gasteiger partial charge on any atom is -0.504 e. The second kappa shape index (κ2) is 5.98. The molecule has 4 rings (SSSR count). The van der Waals surface area contributed by atoms with Gasteiger partial charge in [0.05, 0.1) is 10.9 Å². The highest BCUT2D eigenvalue weighted by Gasteiger charge is 2.31. The van der Waals surface area contributed by atoms with Gasteiger partial charge in [-0.1, -0.05) is 0 Å². The van der Waals surface area contributed by atoms with Crippen LogP contribution in [-0.2, 0) is 0 Å². The van der Waals surface area contributed by atoms with Crippen molar-refractivity contribution in [2.24, 2.45) is 0 Å². The van der Waals surface area contributed by atoms with Crippen molar-refractivity contribution in [3.63, 3.8) is 0 Å². The SMILES string of the molecule is C[C@H]1CN(c2c(F)cc3c(=O)c(C(=O)O)cn(C4CC4)c3c2O)CCN1. The van der Waals surface area contributed by atoms with E-state index >= 15 is 0 Å². The van der Waals surface area contributed by atoms with Crippen molar-refractivity contribution < 1.29 is 19.4 Å². The number of anilines is 1. The van der Waals surface area contributed by atoms with Crippen LogP contribution in [0.5, 0.6) is 5.75 Å². The number of hydrogen-bond acceptors (Lipinski definition) is 5. The molecule has 2 aromatic rings. The van der Waals surface area contributed by atoms with E-state index in [9.17, 15) is 24.2 Å². The lowest BCUT2D eigenvalue weighted by molar-refractivity contribution is 0.0694. The van der Waals surface area contributed by atoms with Crippen LogP contribution in [0.25, 0.3) is 10.9 Å². The molecule has 2 heterocycles. The quantitative estimate of drug-likeness (QED) is 0.770. The van der Waals surface area contributed by atoms with Crippen molar-refractivity contribution in [1.82, 2.24) is 9.88 Å². The highest BCUT2D eigenvalue weighted by atomic mass is 19.1. The van der Waals surface area contributed by atoms with Crippen LogP contribution in [0.2, 0.25) is 0 Å². The molecule has 1 aromatic carbocycles. The van der Waals surface area contributed by atoms with E-state index in [1.165, 1.54) is 6.20 Å². The zero-order chi connectivity index (χ0) is 18.6. The first-order chi connectivity index (χ1) is 12.4. The number of aromatic hydroxyl groups is 1. The highest BCUT2D eigenvalue weighted by molar-refractivity contribution is 5.96. The first-order valence-corrected chi connectivity index (χ1v) is 8.70. The monoisotopic (exact) mass is 361 g/mol. The van der Waals surface area contributed by atoms with Crippen molar-refractivity contribution in [2.45, 2.75) is 31.8 Å². The van der Waals surface area contributed by atoms with Crippen LogP contribution in [0.3, 0.4) is 0 Å². The number of benzene rings is 1. The van der Waals surface area contributed by atoms with Crippen LogP contribution in [0, 0.1) is 5.82 Å². The van der Waals surface area contributed by atoms with Gasteiger partial charge in [-0.2, -0.15) is 0 Å². The summed E-state index contributed by atoms with van der Waals surface area (Å²) in [5.74, 6) is -2.37. The van der Waals surface area contributed by atoms with Gasteiger partial charge < -0.3 is 25.0 Å². The largest absolute Gasteiger partial charge is 0.504 e. The third-order valence-electron chi connectivity index (χ3n) is 5.07. The van der Waals surface area contributed by atoms with Crippen molar-refractivity contribution >= 4 is 22.6 Å². The lowest BCUT2D eigenvalue weighted by Gasteiger charge is -2.34. The highest BCUT2D eigenvalue weighted by Crippen LogP contribution is 2.43. The first-order valence-electron chi connectivity index (χ1n) is 8.70. The summed E-state index contributed by atoms with van der Waals surface area (Å²) in [5.41, 5.74) is -0.904. The molecule has 0 bridgehead atoms. The maximum atomic E-state index is 14.8. The molecular weight excluding hydrogens is 341 g/mol. The third-order valence-corrected chi connectivity index (χ3v) is 5.07. The molecule has 7 nitrogen and oxygen atoms in total. The number of halogens is 1. The average Bonchev–Trinajstić information content (AvgIpc) is 3.40. The topological polar surface area (TPSA) is 94.8 Å². The Kier molecular flexibility index (Phi) is 3.87. The molecule has 2 fully saturated rings. The number of aromatic nitrogens is 1. The van der Waals surface area contributed by atoms with Crippen LogP contribution in [0.4, 0.5) is 10.1 Å². The smallest absolute Gasteiger partial charge is 0.341 e. The Balaban J connectivity index is 2.00. The molecule has 0 amide bonds. The number of carbonyl (C=O) groups is 1. The van der Waals surface area contributed by atoms with Crippen LogP contribution in [0.15, 0.2) is 17.1 Å². The van der Waals surface area contributed by atoms with Gasteiger partial charge in [0, 0.05) is 37.9 Å². The summed E-state index contributed by atoms with van der Waals surface area (Å²) < 4.78 is 16.5. The lowest BCUT2D eigenvalue weighted by atomic mass is 10.1. The summed E-state index contributed by atoms with van der Waals surface area (Å²) >= 11 is 0. The van der Waals surface area contributed by atoms with Crippen molar-refractivity contribution in [3.8, 4) is 5.75 Å². The molecule has 1 aromatic heterocycles. The van der Waals surface area contributed by atoms with Gasteiger partial charge in [-0.05, 0) is 25.8 Å². The zero-order valence-electron chi connectivity index (χ0n) is 14.3. The predicted molar refractivity (Wildman–Crippen MR) is 94.7 cm³/mol. The van der Waals surface area contributed by atoms with E-state index in [1.54, 1.807) is 9.47 Å². The fraction of sp³-hybridized carbons (Fsp3) is 0.444. The fourth-order valence-corrected chi connectivity index (χ4v) is 3.69. The number of carboxylic acids is 1. The van der Waals surface area contributed by atoms with Gasteiger partial charge in [0.2, 0.25) is 5.43 Å². The molecule has 26 heavy (non-hydrogen) atoms. The van der Waals surface area contributed by atoms with Gasteiger partial charge in [-0.15, -0.1) is 0 Å². The van der Waals surface area contributed by atoms with Gasteiger partial charge >= 0.3 is 5.97 Å². The van der Waals surface area contributed by atoms with Gasteiger partial charge in [0.25, 0.3) is 0 Å². The number of nitrogens with one attached hydrogen (secondary N) is 1. The number of rotatable bonds is 3. The predicted octanol–water partition coefficient (Wildman–Crippen LogP) is 1.68. The fourth-order valence-electron chi connectivity index (χ4n) is 3.69. The van der Waals surface area contributed by atoms with Crippen LogP contribution in [0.1, 0.15) is 36.2 Å². The summed E-state index contributed by atoms with van der Waals surface area (Å²) in [5, 5.41) is 23.3. The lowest BCUT2D eigenvalue weighted by Crippen LogP contribution is -2.49. The van der Waals surface area contributed by atoms with Gasteiger partial charge in [-0.3, -0.25) is 4.79 Å². The Morgan fingerprint density at radius 2 is 2.12 bits per heavy atom. The third kappa shape index (κ3) is 2.61. The minimum atomic E-state index is -1.36. The van der Waals surface area contributed by atoms with Gasteiger partial charge in [0.1, 0.15) is 11.3 Å². The molecule has 2 aliphatic rings. The number of phenolic OH excluding ortho intramolecular Hbond substituents is 1. The number of piperazine rings is 1. The van der Waals surface area contributed by atoms with Crippen molar-refractivity contribution in [1.29, 1.82) is 0 Å². The number of hydrogen-bond donors (Lipinski definition) is 3. The van der Waals surface area contributed by atoms with Crippen LogP contribution in [-0.4, -0.2) is 46.4 Å². The standard InChI is InChI=1S/C18H20FN3O4/c1-9-7-21(5-4-20-9)15-13(19)6-11-14(17(15)24)22(10-2-3-10)8-12(16(11)23)18(25)26/h6,8-10,20,24H,2-5,7H2,1H3,(H,25,26)/t9-/m0/s1. The van der Waals surface area contributed by atoms with E-state index < -0.39 is 22.8 Å². The molecule has 0 unspecified atom stereocenters. The van der Waals surface area contributed by atoms with E-state index in [1.807, 2.05) is 6.92 Å². The van der Waals surface area contributed by atoms with E-state index in [0.717, 1.165) is 18.9 Å². The van der Waals surface area contributed by atoms with Gasteiger partial charge in [0.15, 0.2) is 11.6 Å². The summed E-state index contributed by atoms with van der Waals surface area (Å²) in [6.07, 6.45) is 2.92. The number of aromatic carboxylic acids is 1. The molecule has 1 saturated heterocycles. The van der Waals surface area contributed by atoms with E-state index in [0.29, 0.717) is 19.6 Å². The summed E-state index contributed by atoms with van der Waals surface area (Å²) in [6.45, 7) is 3.69. The number of carboxylic acid groups (broad SMARTS) is 1. The van der Waals surface area contributed by atoms with Gasteiger partial charge in [-0.25, -0.2) is 9.18 Å². The Morgan fingerprint density at radius 3 is 2.73 bits per heavy atom. The molecule has 0 radical (unpaired) electrons. The second-order valence-electron chi connectivity index (χ2n) is 7.07. The van der Waals surface area contributed by atoms with E-state index in [2.05, 4.69) is 5.32 Å². The van der Waals surface area contributed by atoms with Crippen LogP contribution < -0.4 is 15.6 Å². The number of nitrogens with zero attached hydrogens (tertiary/aromatic N) is 2. The summed E-state index contributed by atoms with van der Waals surface area (Å²) in [7, 11) is 0. The van der Waals surface area contributed by atoms with E-state index in [-0.39, 0.29) is 34.4 Å². The average molecular weight is 361 g/mol. The maximum absolute atomic E-state index is 14.8. The zero-order valence-corrected chi connectivity index (χ0v) is 14.3. The Morgan fingerprint density at radius 1 is 1.38 bits per heavy atom. The van der Waals surface area contributed by atoms with E-state index in [4.69, 9.17) is 0 Å². The molecule has 0 spiro atoms. The van der Waals surface area contributed by atoms with Crippen molar-refractivity contribution in [3.05, 3.63) is 33.9 Å². The number of pyridine rings is 1. The molecule has 1 aliphatic carbocycles. The molecule has 1 atom stereocenters. The minimum absolute atomic E-state index is 0.0161. The molecule has 1 aliphatic heterocycles. The Hall–Kier alpha value is -2.61. The van der Waals surface area contributed by atoms with Crippen LogP contribution >= 0.6 is 0 Å². The molecule has 8 heteroatoms. The second-order valence-corrected chi connectivity index (χ2v) is 7.07. The Labute approximate surface area is 148 Å². The van der Waals surface area contributed by atoms with Crippen molar-refractivity contribution in [2.75, 3.05) is 24.5 Å². The molecular formula is C18H20FN3O4. The number of phenols is 1. The number of fused-ring (bicyclic) bond motifs is 1. The summed E-state index contributed by atoms with van der Waals surface area (Å²) in [6, 6.07) is 1.21. The molecule has 1 saturated carbocycles.